The van der Waals surface area contributed by atoms with Crippen molar-refractivity contribution in [1.82, 2.24) is 9.21 Å². The second-order valence-corrected chi connectivity index (χ2v) is 10.9. The number of amides is 1. The third-order valence-corrected chi connectivity index (χ3v) is 8.52. The Morgan fingerprint density at radius 2 is 1.88 bits per heavy atom. The number of rotatable bonds is 11. The number of methoxy groups -OCH3 is 1. The van der Waals surface area contributed by atoms with Crippen LogP contribution in [-0.2, 0) is 24.3 Å². The van der Waals surface area contributed by atoms with E-state index in [9.17, 15) is 18.3 Å². The Kier molecular flexibility index (Phi) is 8.13. The topological polar surface area (TPSA) is 106 Å². The number of carbonyl (C=O) groups is 1. The summed E-state index contributed by atoms with van der Waals surface area (Å²) in [6, 6.07) is 6.12. The van der Waals surface area contributed by atoms with Gasteiger partial charge in [0.1, 0.15) is 5.75 Å². The van der Waals surface area contributed by atoms with Crippen LogP contribution in [0.25, 0.3) is 0 Å². The summed E-state index contributed by atoms with van der Waals surface area (Å²) in [5.41, 5.74) is 0. The molecule has 1 saturated carbocycles. The molecule has 0 unspecified atom stereocenters. The molecule has 1 aliphatic carbocycles. The van der Waals surface area contributed by atoms with Gasteiger partial charge in [0, 0.05) is 32.6 Å². The highest BCUT2D eigenvalue weighted by molar-refractivity contribution is 7.89. The second kappa shape index (κ2) is 11.1. The van der Waals surface area contributed by atoms with Crippen molar-refractivity contribution < 1.29 is 32.5 Å². The molecular formula is C24H34N2O7S. The minimum absolute atomic E-state index is 0.0491. The second-order valence-electron chi connectivity index (χ2n) is 8.99. The van der Waals surface area contributed by atoms with Crippen molar-refractivity contribution >= 4 is 15.9 Å². The van der Waals surface area contributed by atoms with Crippen molar-refractivity contribution in [3.05, 3.63) is 36.1 Å². The van der Waals surface area contributed by atoms with Gasteiger partial charge in [-0.15, -0.1) is 0 Å². The summed E-state index contributed by atoms with van der Waals surface area (Å²) < 4.78 is 44.3. The van der Waals surface area contributed by atoms with E-state index in [1.165, 1.54) is 23.5 Å². The first-order valence-electron chi connectivity index (χ1n) is 12.0. The van der Waals surface area contributed by atoms with E-state index in [0.29, 0.717) is 23.8 Å². The summed E-state index contributed by atoms with van der Waals surface area (Å²) >= 11 is 0. The molecule has 188 valence electrons. The zero-order valence-electron chi connectivity index (χ0n) is 19.6. The summed E-state index contributed by atoms with van der Waals surface area (Å²) in [4.78, 5) is 14.8. The molecule has 2 fully saturated rings. The monoisotopic (exact) mass is 494 g/mol. The Labute approximate surface area is 201 Å². The summed E-state index contributed by atoms with van der Waals surface area (Å²) in [5.74, 6) is 1.62. The molecule has 4 rings (SSSR count). The smallest absolute Gasteiger partial charge is 0.288 e. The number of sulfonamides is 1. The van der Waals surface area contributed by atoms with Crippen molar-refractivity contribution in [2.45, 2.75) is 43.3 Å². The van der Waals surface area contributed by atoms with E-state index < -0.39 is 16.3 Å². The number of likely N-dealkylation sites (tertiary alicyclic amines) is 1. The lowest BCUT2D eigenvalue weighted by molar-refractivity contribution is -0.155. The third kappa shape index (κ3) is 5.91. The summed E-state index contributed by atoms with van der Waals surface area (Å²) in [7, 11) is -2.30. The Morgan fingerprint density at radius 1 is 1.18 bits per heavy atom. The standard InChI is InChI=1S/C24H34N2O7S/c1-31-20-6-8-21(9-7-20)34(29,30)26(12-14-27)13-15-32-23-17-19(18-4-5-18)16-22(33-23)24(28)25-10-2-3-11-25/h6-9,16,18-19,23,27H,2-5,10-15,17H2,1H3/t19-,23+/m1/s1. The lowest BCUT2D eigenvalue weighted by Crippen LogP contribution is -2.38. The maximum absolute atomic E-state index is 13.1. The molecule has 9 nitrogen and oxygen atoms in total. The van der Waals surface area contributed by atoms with Gasteiger partial charge in [-0.1, -0.05) is 0 Å². The molecular weight excluding hydrogens is 460 g/mol. The van der Waals surface area contributed by atoms with E-state index in [-0.39, 0.29) is 43.0 Å². The van der Waals surface area contributed by atoms with Crippen LogP contribution < -0.4 is 4.74 Å². The van der Waals surface area contributed by atoms with Gasteiger partial charge in [0.25, 0.3) is 5.91 Å². The van der Waals surface area contributed by atoms with Crippen LogP contribution in [0.1, 0.15) is 32.1 Å². The van der Waals surface area contributed by atoms with Gasteiger partial charge >= 0.3 is 0 Å². The average molecular weight is 495 g/mol. The largest absolute Gasteiger partial charge is 0.497 e. The van der Waals surface area contributed by atoms with E-state index in [2.05, 4.69) is 0 Å². The SMILES string of the molecule is COc1ccc(S(=O)(=O)N(CCO)CCO[C@@H]2C[C@H](C3CC3)C=C(C(=O)N3CCCC3)O2)cc1. The van der Waals surface area contributed by atoms with Crippen molar-refractivity contribution in [2.24, 2.45) is 11.8 Å². The zero-order valence-corrected chi connectivity index (χ0v) is 20.4. The van der Waals surface area contributed by atoms with Crippen LogP contribution >= 0.6 is 0 Å². The van der Waals surface area contributed by atoms with Crippen LogP contribution in [0.3, 0.4) is 0 Å². The first-order chi connectivity index (χ1) is 16.4. The molecule has 1 N–H and O–H groups in total. The maximum Gasteiger partial charge on any atom is 0.288 e. The van der Waals surface area contributed by atoms with Gasteiger partial charge in [-0.3, -0.25) is 4.79 Å². The number of ether oxygens (including phenoxy) is 3. The van der Waals surface area contributed by atoms with Crippen LogP contribution in [0.2, 0.25) is 0 Å². The van der Waals surface area contributed by atoms with Gasteiger partial charge in [0.2, 0.25) is 16.3 Å². The molecule has 34 heavy (non-hydrogen) atoms. The molecule has 0 bridgehead atoms. The molecule has 1 saturated heterocycles. The molecule has 3 aliphatic rings. The Hall–Kier alpha value is -2.14. The fraction of sp³-hybridized carbons (Fsp3) is 0.625. The quantitative estimate of drug-likeness (QED) is 0.501. The molecule has 0 radical (unpaired) electrons. The van der Waals surface area contributed by atoms with Gasteiger partial charge in [0.15, 0.2) is 5.76 Å². The van der Waals surface area contributed by atoms with Crippen LogP contribution in [0.15, 0.2) is 41.0 Å². The lowest BCUT2D eigenvalue weighted by atomic mass is 9.96. The van der Waals surface area contributed by atoms with Crippen LogP contribution in [-0.4, -0.2) is 81.4 Å². The van der Waals surface area contributed by atoms with Crippen molar-refractivity contribution in [2.75, 3.05) is 46.5 Å². The number of hydrogen-bond donors (Lipinski definition) is 1. The molecule has 1 amide bonds. The molecule has 2 aliphatic heterocycles. The highest BCUT2D eigenvalue weighted by atomic mass is 32.2. The number of aliphatic hydroxyl groups excluding tert-OH is 1. The van der Waals surface area contributed by atoms with E-state index in [1.807, 2.05) is 11.0 Å². The van der Waals surface area contributed by atoms with E-state index >= 15 is 0 Å². The number of allylic oxidation sites excluding steroid dienone is 1. The summed E-state index contributed by atoms with van der Waals surface area (Å²) in [5, 5.41) is 9.44. The number of aliphatic hydroxyl groups is 1. The highest BCUT2D eigenvalue weighted by Crippen LogP contribution is 2.43. The van der Waals surface area contributed by atoms with Gasteiger partial charge < -0.3 is 24.2 Å². The number of carbonyl (C=O) groups excluding carboxylic acids is 1. The molecule has 1 aromatic rings. The van der Waals surface area contributed by atoms with Gasteiger partial charge in [-0.2, -0.15) is 4.31 Å². The summed E-state index contributed by atoms with van der Waals surface area (Å²) in [6.07, 6.45) is 6.31. The van der Waals surface area contributed by atoms with Crippen LogP contribution in [0, 0.1) is 11.8 Å². The molecule has 0 aromatic heterocycles. The molecule has 2 atom stereocenters. The zero-order chi connectivity index (χ0) is 24.1. The Morgan fingerprint density at radius 3 is 2.50 bits per heavy atom. The molecule has 1 aromatic carbocycles. The number of nitrogens with zero attached hydrogens (tertiary/aromatic N) is 2. The minimum Gasteiger partial charge on any atom is -0.497 e. The van der Waals surface area contributed by atoms with Crippen LogP contribution in [0.4, 0.5) is 0 Å². The lowest BCUT2D eigenvalue weighted by Gasteiger charge is -2.31. The molecule has 10 heteroatoms. The fourth-order valence-corrected chi connectivity index (χ4v) is 5.93. The van der Waals surface area contributed by atoms with E-state index in [4.69, 9.17) is 14.2 Å². The van der Waals surface area contributed by atoms with Crippen molar-refractivity contribution in [3.8, 4) is 5.75 Å². The average Bonchev–Trinajstić information content (AvgIpc) is 3.56. The maximum atomic E-state index is 13.1. The Bertz CT molecular complexity index is 970. The predicted octanol–water partition coefficient (Wildman–Crippen LogP) is 1.97. The Balaban J connectivity index is 1.37. The third-order valence-electron chi connectivity index (χ3n) is 6.61. The van der Waals surface area contributed by atoms with Crippen LogP contribution in [0.5, 0.6) is 5.75 Å². The van der Waals surface area contributed by atoms with Gasteiger partial charge in [0.05, 0.1) is 25.2 Å². The number of benzene rings is 1. The number of hydrogen-bond acceptors (Lipinski definition) is 7. The normalized spacial score (nSPS) is 23.0. The van der Waals surface area contributed by atoms with Gasteiger partial charge in [-0.25, -0.2) is 8.42 Å². The van der Waals surface area contributed by atoms with E-state index in [0.717, 1.165) is 38.8 Å². The predicted molar refractivity (Wildman–Crippen MR) is 124 cm³/mol. The highest BCUT2D eigenvalue weighted by Gasteiger charge is 2.38. The van der Waals surface area contributed by atoms with Crippen molar-refractivity contribution in [1.29, 1.82) is 0 Å². The van der Waals surface area contributed by atoms with Gasteiger partial charge in [-0.05, 0) is 67.9 Å². The molecule has 0 spiro atoms. The first-order valence-corrected chi connectivity index (χ1v) is 13.4. The first kappa shape index (κ1) is 25.0. The summed E-state index contributed by atoms with van der Waals surface area (Å²) in [6.45, 7) is 1.28. The fourth-order valence-electron chi connectivity index (χ4n) is 4.51. The minimum atomic E-state index is -3.82. The molecule has 2 heterocycles. The van der Waals surface area contributed by atoms with E-state index in [1.54, 1.807) is 12.1 Å². The van der Waals surface area contributed by atoms with Crippen molar-refractivity contribution in [3.63, 3.8) is 0 Å².